The number of aryl methyl sites for hydroxylation is 1. The predicted molar refractivity (Wildman–Crippen MR) is 171 cm³/mol. The number of methoxy groups -OCH3 is 1. The number of hydrogen-bond donors (Lipinski definition) is 2. The number of nitriles is 1. The number of aromatic nitrogens is 3. The molecule has 0 atom stereocenters. The van der Waals surface area contributed by atoms with E-state index in [9.17, 15) is 18.4 Å². The Bertz CT molecular complexity index is 1800. The van der Waals surface area contributed by atoms with Gasteiger partial charge >= 0.3 is 5.97 Å². The number of carbonyl (C=O) groups excluding carboxylic acids is 2. The normalized spacial score (nSPS) is 13.4. The first kappa shape index (κ1) is 33.8. The van der Waals surface area contributed by atoms with Crippen molar-refractivity contribution < 1.29 is 32.6 Å². The van der Waals surface area contributed by atoms with Gasteiger partial charge in [0.2, 0.25) is 11.8 Å². The highest BCUT2D eigenvalue weighted by molar-refractivity contribution is 5.98. The summed E-state index contributed by atoms with van der Waals surface area (Å²) in [6.07, 6.45) is 4.52. The van der Waals surface area contributed by atoms with Crippen molar-refractivity contribution in [2.45, 2.75) is 45.6 Å². The topological polar surface area (TPSA) is 144 Å². The molecule has 2 aromatic carbocycles. The lowest BCUT2D eigenvalue weighted by Crippen LogP contribution is -2.42. The van der Waals surface area contributed by atoms with Gasteiger partial charge in [0.25, 0.3) is 0 Å². The lowest BCUT2D eigenvalue weighted by molar-refractivity contribution is -0.117. The first-order chi connectivity index (χ1) is 23.3. The predicted octanol–water partition coefficient (Wildman–Crippen LogP) is 4.91. The summed E-state index contributed by atoms with van der Waals surface area (Å²) >= 11 is 0. The molecule has 1 saturated heterocycles. The average Bonchev–Trinajstić information content (AvgIpc) is 3.56. The van der Waals surface area contributed by atoms with Crippen LogP contribution in [0.25, 0.3) is 0 Å². The Hall–Kier alpha value is -5.55. The Balaban J connectivity index is 1.13. The maximum atomic E-state index is 14.4. The highest BCUT2D eigenvalue weighted by Gasteiger charge is 2.24. The molecule has 0 spiro atoms. The highest BCUT2D eigenvalue weighted by Crippen LogP contribution is 2.26. The number of hydrogen-bond acceptors (Lipinski definition) is 10. The molecule has 0 radical (unpaired) electrons. The molecule has 2 N–H and O–H groups in total. The smallest absolute Gasteiger partial charge is 0.337 e. The molecule has 1 aliphatic rings. The van der Waals surface area contributed by atoms with E-state index in [1.54, 1.807) is 30.7 Å². The standard InChI is InChI=1S/C34H35F2N7O5/c1-3-43-21-38-17-24(43)18-39-29-15-23(34(45)46-2)5-7-28(29)40-32(44)19-42-12-10-25(11-13-42)48-33-9-6-26(35)30(41-33)20-47-31-8-4-22(16-37)14-27(31)36/h4-9,14-15,17,21,25,39H,3,10-13,18-20H2,1-2H3,(H,40,44). The number of pyridine rings is 1. The Morgan fingerprint density at radius 3 is 2.60 bits per heavy atom. The van der Waals surface area contributed by atoms with Crippen LogP contribution in [0.15, 0.2) is 61.1 Å². The van der Waals surface area contributed by atoms with Crippen LogP contribution in [-0.2, 0) is 29.2 Å². The molecule has 1 aliphatic heterocycles. The number of piperidine rings is 1. The van der Waals surface area contributed by atoms with Gasteiger partial charge in [0.1, 0.15) is 24.2 Å². The zero-order valence-electron chi connectivity index (χ0n) is 26.5. The molecule has 12 nitrogen and oxygen atoms in total. The largest absolute Gasteiger partial charge is 0.484 e. The monoisotopic (exact) mass is 659 g/mol. The second kappa shape index (κ2) is 15.8. The number of halogens is 2. The molecule has 0 unspecified atom stereocenters. The van der Waals surface area contributed by atoms with Gasteiger partial charge in [-0.1, -0.05) is 0 Å². The molecule has 4 aromatic rings. The SMILES string of the molecule is CCn1cncc1CNc1cc(C(=O)OC)ccc1NC(=O)CN1CCC(Oc2ccc(F)c(COc3ccc(C#N)cc3F)n2)CC1. The zero-order chi connectivity index (χ0) is 34.0. The van der Waals surface area contributed by atoms with Crippen molar-refractivity contribution >= 4 is 23.3 Å². The van der Waals surface area contributed by atoms with Gasteiger partial charge in [0, 0.05) is 31.9 Å². The van der Waals surface area contributed by atoms with E-state index in [-0.39, 0.29) is 48.0 Å². The van der Waals surface area contributed by atoms with Gasteiger partial charge in [-0.2, -0.15) is 5.26 Å². The molecule has 0 aliphatic carbocycles. The van der Waals surface area contributed by atoms with Gasteiger partial charge < -0.3 is 29.4 Å². The quantitative estimate of drug-likeness (QED) is 0.190. The van der Waals surface area contributed by atoms with Crippen molar-refractivity contribution in [2.75, 3.05) is 37.4 Å². The number of likely N-dealkylation sites (tertiary alicyclic amines) is 1. The minimum atomic E-state index is -0.730. The maximum Gasteiger partial charge on any atom is 0.337 e. The fourth-order valence-electron chi connectivity index (χ4n) is 5.22. The summed E-state index contributed by atoms with van der Waals surface area (Å²) in [4.78, 5) is 35.7. The summed E-state index contributed by atoms with van der Waals surface area (Å²) in [5.41, 5.74) is 2.49. The highest BCUT2D eigenvalue weighted by atomic mass is 19.1. The lowest BCUT2D eigenvalue weighted by Gasteiger charge is -2.31. The molecule has 0 bridgehead atoms. The molecule has 48 heavy (non-hydrogen) atoms. The van der Waals surface area contributed by atoms with Crippen LogP contribution in [0.2, 0.25) is 0 Å². The van der Waals surface area contributed by atoms with E-state index >= 15 is 0 Å². The molecule has 3 heterocycles. The first-order valence-electron chi connectivity index (χ1n) is 15.4. The molecule has 14 heteroatoms. The second-order valence-electron chi connectivity index (χ2n) is 11.0. The molecule has 2 aromatic heterocycles. The van der Waals surface area contributed by atoms with E-state index in [0.29, 0.717) is 49.4 Å². The number of nitrogens with zero attached hydrogens (tertiary/aromatic N) is 5. The van der Waals surface area contributed by atoms with Crippen LogP contribution < -0.4 is 20.1 Å². The summed E-state index contributed by atoms with van der Waals surface area (Å²) in [6, 6.07) is 13.1. The number of anilines is 2. The van der Waals surface area contributed by atoms with E-state index in [4.69, 9.17) is 19.5 Å². The summed E-state index contributed by atoms with van der Waals surface area (Å²) in [6.45, 7) is 4.19. The van der Waals surface area contributed by atoms with Crippen LogP contribution in [0.1, 0.15) is 47.1 Å². The van der Waals surface area contributed by atoms with E-state index in [1.807, 2.05) is 22.5 Å². The average molecular weight is 660 g/mol. The fraction of sp³-hybridized carbons (Fsp3) is 0.324. The third-order valence-electron chi connectivity index (χ3n) is 7.82. The van der Waals surface area contributed by atoms with Gasteiger partial charge in [-0.05, 0) is 62.2 Å². The number of benzene rings is 2. The number of amides is 1. The molecular weight excluding hydrogens is 624 g/mol. The number of ether oxygens (including phenoxy) is 3. The number of rotatable bonds is 13. The number of imidazole rings is 1. The van der Waals surface area contributed by atoms with Crippen molar-refractivity contribution in [1.82, 2.24) is 19.4 Å². The minimum Gasteiger partial charge on any atom is -0.484 e. The van der Waals surface area contributed by atoms with Crippen LogP contribution in [-0.4, -0.2) is 64.2 Å². The second-order valence-corrected chi connectivity index (χ2v) is 11.0. The van der Waals surface area contributed by atoms with Crippen molar-refractivity contribution in [3.8, 4) is 17.7 Å². The third-order valence-corrected chi connectivity index (χ3v) is 7.82. The fourth-order valence-corrected chi connectivity index (χ4v) is 5.22. The summed E-state index contributed by atoms with van der Waals surface area (Å²) in [5, 5.41) is 15.1. The lowest BCUT2D eigenvalue weighted by atomic mass is 10.1. The van der Waals surface area contributed by atoms with E-state index in [2.05, 4.69) is 20.6 Å². The maximum absolute atomic E-state index is 14.4. The third kappa shape index (κ3) is 8.62. The molecule has 1 fully saturated rings. The van der Waals surface area contributed by atoms with Gasteiger partial charge in [0.15, 0.2) is 11.6 Å². The molecule has 0 saturated carbocycles. The summed E-state index contributed by atoms with van der Waals surface area (Å²) in [5.74, 6) is -1.97. The Kier molecular flexibility index (Phi) is 11.1. The number of esters is 1. The molecule has 250 valence electrons. The van der Waals surface area contributed by atoms with Gasteiger partial charge in [-0.15, -0.1) is 0 Å². The summed E-state index contributed by atoms with van der Waals surface area (Å²) in [7, 11) is 1.31. The summed E-state index contributed by atoms with van der Waals surface area (Å²) < 4.78 is 46.8. The molecular formula is C34H35F2N7O5. The zero-order valence-corrected chi connectivity index (χ0v) is 26.5. The Morgan fingerprint density at radius 1 is 1.06 bits per heavy atom. The van der Waals surface area contributed by atoms with Crippen molar-refractivity contribution in [3.63, 3.8) is 0 Å². The van der Waals surface area contributed by atoms with Crippen molar-refractivity contribution in [3.05, 3.63) is 95.2 Å². The van der Waals surface area contributed by atoms with Crippen LogP contribution in [0.5, 0.6) is 11.6 Å². The first-order valence-corrected chi connectivity index (χ1v) is 15.4. The van der Waals surface area contributed by atoms with E-state index in [1.165, 1.54) is 31.4 Å². The Morgan fingerprint density at radius 2 is 1.88 bits per heavy atom. The van der Waals surface area contributed by atoms with Crippen LogP contribution >= 0.6 is 0 Å². The van der Waals surface area contributed by atoms with E-state index in [0.717, 1.165) is 18.3 Å². The number of nitrogens with one attached hydrogen (secondary N) is 2. The van der Waals surface area contributed by atoms with Gasteiger partial charge in [-0.3, -0.25) is 9.69 Å². The van der Waals surface area contributed by atoms with Crippen LogP contribution in [0.3, 0.4) is 0 Å². The molecule has 1 amide bonds. The minimum absolute atomic E-state index is 0.0464. The number of carbonyl (C=O) groups is 2. The van der Waals surface area contributed by atoms with Crippen LogP contribution in [0.4, 0.5) is 20.2 Å². The Labute approximate surface area is 276 Å². The van der Waals surface area contributed by atoms with Crippen molar-refractivity contribution in [2.24, 2.45) is 0 Å². The van der Waals surface area contributed by atoms with Crippen LogP contribution in [0, 0.1) is 23.0 Å². The molecule has 5 rings (SSSR count). The van der Waals surface area contributed by atoms with Gasteiger partial charge in [-0.25, -0.2) is 23.5 Å². The van der Waals surface area contributed by atoms with Crippen molar-refractivity contribution in [1.29, 1.82) is 5.26 Å². The van der Waals surface area contributed by atoms with Gasteiger partial charge in [0.05, 0.1) is 60.8 Å². The van der Waals surface area contributed by atoms with E-state index < -0.39 is 17.6 Å².